The number of rotatable bonds is 4. The minimum absolute atomic E-state index is 0.0634. The van der Waals surface area contributed by atoms with Crippen molar-refractivity contribution in [3.63, 3.8) is 0 Å². The van der Waals surface area contributed by atoms with Crippen LogP contribution in [0, 0.1) is 5.82 Å². The SMILES string of the molecule is NCC(=O)NCc1cn(-c2ccc(F)cc2)nn1. The predicted octanol–water partition coefficient (Wildman–Crippen LogP) is -0.0187. The summed E-state index contributed by atoms with van der Waals surface area (Å²) in [5, 5.41) is 10.3. The molecule has 1 amide bonds. The van der Waals surface area contributed by atoms with Crippen LogP contribution in [0.25, 0.3) is 5.69 Å². The molecule has 94 valence electrons. The van der Waals surface area contributed by atoms with Crippen LogP contribution >= 0.6 is 0 Å². The summed E-state index contributed by atoms with van der Waals surface area (Å²) in [5.74, 6) is -0.569. The first-order valence-electron chi connectivity index (χ1n) is 5.33. The van der Waals surface area contributed by atoms with Gasteiger partial charge in [-0.2, -0.15) is 0 Å². The lowest BCUT2D eigenvalue weighted by Gasteiger charge is -1.99. The largest absolute Gasteiger partial charge is 0.349 e. The molecule has 1 aromatic carbocycles. The van der Waals surface area contributed by atoms with Gasteiger partial charge in [-0.3, -0.25) is 4.79 Å². The van der Waals surface area contributed by atoms with E-state index < -0.39 is 0 Å². The number of carbonyl (C=O) groups is 1. The number of nitrogens with two attached hydrogens (primary N) is 1. The second-order valence-corrected chi connectivity index (χ2v) is 3.61. The van der Waals surface area contributed by atoms with Gasteiger partial charge in [-0.25, -0.2) is 9.07 Å². The summed E-state index contributed by atoms with van der Waals surface area (Å²) in [5.41, 5.74) is 6.45. The Morgan fingerprint density at radius 1 is 1.39 bits per heavy atom. The molecular formula is C11H12FN5O. The van der Waals surface area contributed by atoms with Crippen molar-refractivity contribution in [2.75, 3.05) is 6.54 Å². The predicted molar refractivity (Wildman–Crippen MR) is 62.2 cm³/mol. The molecule has 18 heavy (non-hydrogen) atoms. The van der Waals surface area contributed by atoms with Crippen molar-refractivity contribution in [2.24, 2.45) is 5.73 Å². The fourth-order valence-corrected chi connectivity index (χ4v) is 1.36. The lowest BCUT2D eigenvalue weighted by Crippen LogP contribution is -2.29. The maximum atomic E-state index is 12.8. The van der Waals surface area contributed by atoms with E-state index in [1.807, 2.05) is 0 Å². The maximum absolute atomic E-state index is 12.8. The highest BCUT2D eigenvalue weighted by molar-refractivity contribution is 5.77. The Labute approximate surface area is 103 Å². The van der Waals surface area contributed by atoms with Gasteiger partial charge in [0.2, 0.25) is 5.91 Å². The van der Waals surface area contributed by atoms with Crippen molar-refractivity contribution < 1.29 is 9.18 Å². The van der Waals surface area contributed by atoms with E-state index in [1.165, 1.54) is 16.8 Å². The number of nitrogens with one attached hydrogen (secondary N) is 1. The summed E-state index contributed by atoms with van der Waals surface area (Å²) in [7, 11) is 0. The lowest BCUT2D eigenvalue weighted by atomic mass is 10.3. The van der Waals surface area contributed by atoms with Gasteiger partial charge in [0.25, 0.3) is 0 Å². The Morgan fingerprint density at radius 3 is 2.78 bits per heavy atom. The van der Waals surface area contributed by atoms with Gasteiger partial charge >= 0.3 is 0 Å². The Morgan fingerprint density at radius 2 is 2.11 bits per heavy atom. The number of hydrogen-bond donors (Lipinski definition) is 2. The summed E-state index contributed by atoms with van der Waals surface area (Å²) in [4.78, 5) is 11.0. The van der Waals surface area contributed by atoms with Crippen molar-refractivity contribution in [3.8, 4) is 5.69 Å². The third kappa shape index (κ3) is 2.89. The molecule has 0 radical (unpaired) electrons. The molecule has 0 atom stereocenters. The molecule has 2 rings (SSSR count). The number of aromatic nitrogens is 3. The van der Waals surface area contributed by atoms with E-state index in [1.54, 1.807) is 18.3 Å². The second kappa shape index (κ2) is 5.37. The molecular weight excluding hydrogens is 237 g/mol. The Bertz CT molecular complexity index is 537. The summed E-state index contributed by atoms with van der Waals surface area (Å²) in [6.45, 7) is 0.198. The van der Waals surface area contributed by atoms with Crippen LogP contribution in [0.5, 0.6) is 0 Å². The van der Waals surface area contributed by atoms with Crippen LogP contribution in [-0.4, -0.2) is 27.4 Å². The summed E-state index contributed by atoms with van der Waals surface area (Å²) in [6, 6.07) is 5.86. The van der Waals surface area contributed by atoms with Crippen LogP contribution in [-0.2, 0) is 11.3 Å². The van der Waals surface area contributed by atoms with E-state index >= 15 is 0 Å². The van der Waals surface area contributed by atoms with Gasteiger partial charge in [0.05, 0.1) is 25.0 Å². The van der Waals surface area contributed by atoms with Gasteiger partial charge in [-0.05, 0) is 24.3 Å². The fraction of sp³-hybridized carbons (Fsp3) is 0.182. The minimum Gasteiger partial charge on any atom is -0.349 e. The average molecular weight is 249 g/mol. The highest BCUT2D eigenvalue weighted by Crippen LogP contribution is 2.07. The van der Waals surface area contributed by atoms with Crippen molar-refractivity contribution in [1.29, 1.82) is 0 Å². The maximum Gasteiger partial charge on any atom is 0.234 e. The number of carbonyl (C=O) groups excluding carboxylic acids is 1. The van der Waals surface area contributed by atoms with E-state index in [9.17, 15) is 9.18 Å². The molecule has 0 fully saturated rings. The third-order valence-electron chi connectivity index (χ3n) is 2.28. The Balaban J connectivity index is 2.06. The Kier molecular flexibility index (Phi) is 3.63. The first-order chi connectivity index (χ1) is 8.69. The average Bonchev–Trinajstić information content (AvgIpc) is 2.85. The first-order valence-corrected chi connectivity index (χ1v) is 5.33. The monoisotopic (exact) mass is 249 g/mol. The molecule has 2 aromatic rings. The number of halogens is 1. The zero-order valence-corrected chi connectivity index (χ0v) is 9.51. The molecule has 0 aliphatic carbocycles. The van der Waals surface area contributed by atoms with Crippen LogP contribution in [0.2, 0.25) is 0 Å². The normalized spacial score (nSPS) is 10.3. The lowest BCUT2D eigenvalue weighted by molar-refractivity contribution is -0.119. The van der Waals surface area contributed by atoms with Crippen LogP contribution < -0.4 is 11.1 Å². The standard InChI is InChI=1S/C11H12FN5O/c12-8-1-3-10(4-2-8)17-7-9(15-16-17)6-14-11(18)5-13/h1-4,7H,5-6,13H2,(H,14,18). The topological polar surface area (TPSA) is 85.8 Å². The summed E-state index contributed by atoms with van der Waals surface area (Å²) < 4.78 is 14.3. The molecule has 1 aromatic heterocycles. The van der Waals surface area contributed by atoms with E-state index in [0.29, 0.717) is 11.4 Å². The number of hydrogen-bond acceptors (Lipinski definition) is 4. The molecule has 0 unspecified atom stereocenters. The van der Waals surface area contributed by atoms with Gasteiger partial charge in [0, 0.05) is 0 Å². The molecule has 0 saturated carbocycles. The van der Waals surface area contributed by atoms with Gasteiger partial charge in [0.15, 0.2) is 0 Å². The molecule has 3 N–H and O–H groups in total. The first kappa shape index (κ1) is 12.2. The summed E-state index contributed by atoms with van der Waals surface area (Å²) in [6.07, 6.45) is 1.66. The van der Waals surface area contributed by atoms with E-state index in [4.69, 9.17) is 5.73 Å². The van der Waals surface area contributed by atoms with Gasteiger partial charge < -0.3 is 11.1 Å². The van der Waals surface area contributed by atoms with E-state index in [2.05, 4.69) is 15.6 Å². The number of benzene rings is 1. The quantitative estimate of drug-likeness (QED) is 0.797. The van der Waals surface area contributed by atoms with E-state index in [-0.39, 0.29) is 24.8 Å². The third-order valence-corrected chi connectivity index (χ3v) is 2.28. The molecule has 7 heteroatoms. The highest BCUT2D eigenvalue weighted by Gasteiger charge is 2.04. The minimum atomic E-state index is -0.311. The van der Waals surface area contributed by atoms with Crippen LogP contribution in [0.3, 0.4) is 0 Å². The van der Waals surface area contributed by atoms with E-state index in [0.717, 1.165) is 0 Å². The second-order valence-electron chi connectivity index (χ2n) is 3.61. The van der Waals surface area contributed by atoms with Crippen molar-refractivity contribution >= 4 is 5.91 Å². The zero-order chi connectivity index (χ0) is 13.0. The zero-order valence-electron chi connectivity index (χ0n) is 9.51. The number of amides is 1. The molecule has 6 nitrogen and oxygen atoms in total. The highest BCUT2D eigenvalue weighted by atomic mass is 19.1. The molecule has 0 spiro atoms. The molecule has 0 saturated heterocycles. The fourth-order valence-electron chi connectivity index (χ4n) is 1.36. The van der Waals surface area contributed by atoms with Gasteiger partial charge in [-0.15, -0.1) is 5.10 Å². The smallest absolute Gasteiger partial charge is 0.234 e. The van der Waals surface area contributed by atoms with Crippen molar-refractivity contribution in [1.82, 2.24) is 20.3 Å². The van der Waals surface area contributed by atoms with Crippen molar-refractivity contribution in [2.45, 2.75) is 6.54 Å². The van der Waals surface area contributed by atoms with Gasteiger partial charge in [0.1, 0.15) is 11.5 Å². The summed E-state index contributed by atoms with van der Waals surface area (Å²) >= 11 is 0. The molecule has 0 aliphatic heterocycles. The number of nitrogens with zero attached hydrogens (tertiary/aromatic N) is 3. The van der Waals surface area contributed by atoms with Crippen molar-refractivity contribution in [3.05, 3.63) is 42.0 Å². The Hall–Kier alpha value is -2.28. The van der Waals surface area contributed by atoms with Gasteiger partial charge in [-0.1, -0.05) is 5.21 Å². The van der Waals surface area contributed by atoms with Crippen LogP contribution in [0.4, 0.5) is 4.39 Å². The molecule has 0 bridgehead atoms. The molecule has 0 aliphatic rings. The van der Waals surface area contributed by atoms with Crippen LogP contribution in [0.15, 0.2) is 30.5 Å². The molecule has 1 heterocycles. The van der Waals surface area contributed by atoms with Crippen LogP contribution in [0.1, 0.15) is 5.69 Å².